The van der Waals surface area contributed by atoms with Gasteiger partial charge in [0.15, 0.2) is 5.78 Å². The van der Waals surface area contributed by atoms with Crippen LogP contribution in [0.2, 0.25) is 0 Å². The second-order valence-corrected chi connectivity index (χ2v) is 6.64. The number of nitriles is 2. The lowest BCUT2D eigenvalue weighted by molar-refractivity contribution is 0.103. The maximum atomic E-state index is 13.0. The summed E-state index contributed by atoms with van der Waals surface area (Å²) in [6.45, 7) is 0. The summed E-state index contributed by atoms with van der Waals surface area (Å²) < 4.78 is 0. The molecule has 5 heteroatoms. The summed E-state index contributed by atoms with van der Waals surface area (Å²) in [6.07, 6.45) is 5.45. The average Bonchev–Trinajstić information content (AvgIpc) is 3.01. The zero-order valence-corrected chi connectivity index (χ0v) is 13.8. The number of rotatable bonds is 4. The molecule has 1 N–H and O–H groups in total. The number of carbonyl (C=O) groups excluding carboxylic acids is 1. The molecular formula is C19H15N3OS. The van der Waals surface area contributed by atoms with Gasteiger partial charge in [0, 0.05) is 16.6 Å². The topological polar surface area (TPSA) is 76.7 Å². The van der Waals surface area contributed by atoms with E-state index in [1.54, 1.807) is 11.3 Å². The lowest BCUT2D eigenvalue weighted by atomic mass is 9.92. The molecule has 1 aliphatic carbocycles. The van der Waals surface area contributed by atoms with Gasteiger partial charge < -0.3 is 5.32 Å². The predicted molar refractivity (Wildman–Crippen MR) is 93.8 cm³/mol. The number of ketones is 1. The predicted octanol–water partition coefficient (Wildman–Crippen LogP) is 4.20. The van der Waals surface area contributed by atoms with Crippen LogP contribution < -0.4 is 5.32 Å². The average molecular weight is 333 g/mol. The van der Waals surface area contributed by atoms with E-state index in [1.807, 2.05) is 42.5 Å². The SMILES string of the molecule is N#CC(C#N)=CNc1sc2c(c1C(=O)c1ccccc1)CCCC2. The molecule has 3 rings (SSSR count). The molecule has 0 bridgehead atoms. The maximum absolute atomic E-state index is 13.0. The summed E-state index contributed by atoms with van der Waals surface area (Å²) in [5, 5.41) is 21.5. The molecule has 2 aromatic rings. The van der Waals surface area contributed by atoms with E-state index in [-0.39, 0.29) is 11.4 Å². The zero-order valence-electron chi connectivity index (χ0n) is 13.0. The molecule has 0 saturated heterocycles. The Balaban J connectivity index is 2.05. The van der Waals surface area contributed by atoms with E-state index < -0.39 is 0 Å². The van der Waals surface area contributed by atoms with Gasteiger partial charge in [-0.15, -0.1) is 11.3 Å². The number of thiophene rings is 1. The first-order valence-corrected chi connectivity index (χ1v) is 8.57. The second-order valence-electron chi connectivity index (χ2n) is 5.54. The maximum Gasteiger partial charge on any atom is 0.196 e. The third kappa shape index (κ3) is 3.08. The first kappa shape index (κ1) is 16.0. The number of nitrogens with one attached hydrogen (secondary N) is 1. The highest BCUT2D eigenvalue weighted by Gasteiger charge is 2.25. The van der Waals surface area contributed by atoms with Crippen molar-refractivity contribution in [2.75, 3.05) is 5.32 Å². The van der Waals surface area contributed by atoms with E-state index in [9.17, 15) is 4.79 Å². The number of hydrogen-bond donors (Lipinski definition) is 1. The number of nitrogens with zero attached hydrogens (tertiary/aromatic N) is 2. The van der Waals surface area contributed by atoms with Crippen LogP contribution in [-0.2, 0) is 12.8 Å². The van der Waals surface area contributed by atoms with Gasteiger partial charge in [-0.1, -0.05) is 30.3 Å². The van der Waals surface area contributed by atoms with E-state index in [0.717, 1.165) is 36.2 Å². The number of benzene rings is 1. The van der Waals surface area contributed by atoms with Gasteiger partial charge in [-0.05, 0) is 31.2 Å². The fourth-order valence-corrected chi connectivity index (χ4v) is 4.12. The molecule has 0 atom stereocenters. The molecular weight excluding hydrogens is 318 g/mol. The largest absolute Gasteiger partial charge is 0.351 e. The minimum absolute atomic E-state index is 0.0126. The van der Waals surface area contributed by atoms with Crippen molar-refractivity contribution in [3.63, 3.8) is 0 Å². The summed E-state index contributed by atoms with van der Waals surface area (Å²) in [7, 11) is 0. The number of carbonyl (C=O) groups is 1. The van der Waals surface area contributed by atoms with E-state index in [2.05, 4.69) is 5.32 Å². The normalized spacial score (nSPS) is 12.4. The lowest BCUT2D eigenvalue weighted by Gasteiger charge is -2.12. The molecule has 4 nitrogen and oxygen atoms in total. The van der Waals surface area contributed by atoms with Gasteiger partial charge in [0.05, 0.1) is 5.56 Å². The van der Waals surface area contributed by atoms with Crippen LogP contribution in [0.15, 0.2) is 42.1 Å². The van der Waals surface area contributed by atoms with Crippen molar-refractivity contribution >= 4 is 22.1 Å². The van der Waals surface area contributed by atoms with E-state index in [4.69, 9.17) is 10.5 Å². The van der Waals surface area contributed by atoms with Gasteiger partial charge in [0.2, 0.25) is 0 Å². The van der Waals surface area contributed by atoms with Gasteiger partial charge >= 0.3 is 0 Å². The number of anilines is 1. The summed E-state index contributed by atoms with van der Waals surface area (Å²) >= 11 is 1.55. The Hall–Kier alpha value is -2.89. The van der Waals surface area contributed by atoms with Gasteiger partial charge in [-0.3, -0.25) is 4.79 Å². The molecule has 0 spiro atoms. The molecule has 118 valence electrons. The highest BCUT2D eigenvalue weighted by atomic mass is 32.1. The van der Waals surface area contributed by atoms with Crippen LogP contribution in [0.3, 0.4) is 0 Å². The minimum Gasteiger partial charge on any atom is -0.351 e. The molecule has 0 aliphatic heterocycles. The van der Waals surface area contributed by atoms with Crippen LogP contribution in [0.1, 0.15) is 39.2 Å². The molecule has 1 aromatic carbocycles. The molecule has 0 unspecified atom stereocenters. The van der Waals surface area contributed by atoms with Crippen LogP contribution in [0, 0.1) is 22.7 Å². The first-order valence-electron chi connectivity index (χ1n) is 7.75. The summed E-state index contributed by atoms with van der Waals surface area (Å²) in [4.78, 5) is 14.2. The van der Waals surface area contributed by atoms with Crippen molar-refractivity contribution in [1.82, 2.24) is 0 Å². The van der Waals surface area contributed by atoms with Gasteiger partial charge in [-0.2, -0.15) is 10.5 Å². The molecule has 0 fully saturated rings. The minimum atomic E-state index is -0.0144. The Morgan fingerprint density at radius 1 is 1.12 bits per heavy atom. The number of hydrogen-bond acceptors (Lipinski definition) is 5. The smallest absolute Gasteiger partial charge is 0.196 e. The number of fused-ring (bicyclic) bond motifs is 1. The molecule has 0 amide bonds. The van der Waals surface area contributed by atoms with Crippen LogP contribution in [0.4, 0.5) is 5.00 Å². The highest BCUT2D eigenvalue weighted by molar-refractivity contribution is 7.16. The zero-order chi connectivity index (χ0) is 16.9. The Bertz CT molecular complexity index is 866. The van der Waals surface area contributed by atoms with Crippen molar-refractivity contribution < 1.29 is 4.79 Å². The summed E-state index contributed by atoms with van der Waals surface area (Å²) in [5.74, 6) is -0.0126. The molecule has 1 aromatic heterocycles. The molecule has 1 aliphatic rings. The Morgan fingerprint density at radius 2 is 1.83 bits per heavy atom. The van der Waals surface area contributed by atoms with Crippen molar-refractivity contribution in [2.24, 2.45) is 0 Å². The fraction of sp³-hybridized carbons (Fsp3) is 0.211. The van der Waals surface area contributed by atoms with Crippen LogP contribution in [-0.4, -0.2) is 5.78 Å². The summed E-state index contributed by atoms with van der Waals surface area (Å²) in [6, 6.07) is 12.8. The van der Waals surface area contributed by atoms with Crippen molar-refractivity contribution in [3.8, 4) is 12.1 Å². The van der Waals surface area contributed by atoms with E-state index in [1.165, 1.54) is 11.1 Å². The lowest BCUT2D eigenvalue weighted by Crippen LogP contribution is -2.09. The molecule has 0 radical (unpaired) electrons. The van der Waals surface area contributed by atoms with Gasteiger partial charge in [-0.25, -0.2) is 0 Å². The monoisotopic (exact) mass is 333 g/mol. The Morgan fingerprint density at radius 3 is 2.54 bits per heavy atom. The quantitative estimate of drug-likeness (QED) is 0.672. The summed E-state index contributed by atoms with van der Waals surface area (Å²) in [5.41, 5.74) is 2.44. The van der Waals surface area contributed by atoms with E-state index in [0.29, 0.717) is 11.1 Å². The molecule has 0 saturated carbocycles. The van der Waals surface area contributed by atoms with Crippen LogP contribution in [0.5, 0.6) is 0 Å². The van der Waals surface area contributed by atoms with Crippen molar-refractivity contribution in [1.29, 1.82) is 10.5 Å². The fourth-order valence-electron chi connectivity index (χ4n) is 2.87. The Labute approximate surface area is 144 Å². The third-order valence-electron chi connectivity index (χ3n) is 4.02. The number of allylic oxidation sites excluding steroid dienone is 1. The molecule has 1 heterocycles. The third-order valence-corrected chi connectivity index (χ3v) is 5.25. The second kappa shape index (κ2) is 7.12. The van der Waals surface area contributed by atoms with Crippen LogP contribution >= 0.6 is 11.3 Å². The van der Waals surface area contributed by atoms with Gasteiger partial charge in [0.1, 0.15) is 22.7 Å². The van der Waals surface area contributed by atoms with E-state index >= 15 is 0 Å². The van der Waals surface area contributed by atoms with Crippen molar-refractivity contribution in [3.05, 3.63) is 63.7 Å². The van der Waals surface area contributed by atoms with Crippen LogP contribution in [0.25, 0.3) is 0 Å². The van der Waals surface area contributed by atoms with Gasteiger partial charge in [0.25, 0.3) is 0 Å². The first-order chi connectivity index (χ1) is 11.7. The molecule has 24 heavy (non-hydrogen) atoms. The highest BCUT2D eigenvalue weighted by Crippen LogP contribution is 2.39. The standard InChI is InChI=1S/C19H15N3OS/c20-10-13(11-21)12-22-19-17(15-8-4-5-9-16(15)24-19)18(23)14-6-2-1-3-7-14/h1-3,6-7,12,22H,4-5,8-9H2. The van der Waals surface area contributed by atoms with Crippen molar-refractivity contribution in [2.45, 2.75) is 25.7 Å². The number of aryl methyl sites for hydroxylation is 1. The Kier molecular flexibility index (Phi) is 4.74.